The zero-order valence-corrected chi connectivity index (χ0v) is 9.90. The standard InChI is InChI=1S/C8H2F13NO/c9-3(10)2(1(22)23,8(19,20)21)4(11,12)6(15,16)7(17,18)5(3,13)14/h(H2,22,23). The van der Waals surface area contributed by atoms with Crippen molar-refractivity contribution in [2.24, 2.45) is 11.1 Å². The number of carbonyl (C=O) groups is 1. The van der Waals surface area contributed by atoms with Gasteiger partial charge in [-0.25, -0.2) is 0 Å². The molecule has 1 fully saturated rings. The molecule has 2 N–H and O–H groups in total. The van der Waals surface area contributed by atoms with Crippen molar-refractivity contribution in [3.63, 3.8) is 0 Å². The third-order valence-corrected chi connectivity index (χ3v) is 3.31. The summed E-state index contributed by atoms with van der Waals surface area (Å²) in [6, 6.07) is 0. The Morgan fingerprint density at radius 1 is 0.609 bits per heavy atom. The van der Waals surface area contributed by atoms with E-state index in [2.05, 4.69) is 5.73 Å². The van der Waals surface area contributed by atoms with E-state index in [4.69, 9.17) is 0 Å². The number of hydrogen-bond acceptors (Lipinski definition) is 1. The Morgan fingerprint density at radius 3 is 1.00 bits per heavy atom. The van der Waals surface area contributed by atoms with Crippen LogP contribution in [0.4, 0.5) is 57.1 Å². The van der Waals surface area contributed by atoms with Gasteiger partial charge in [0.2, 0.25) is 5.91 Å². The van der Waals surface area contributed by atoms with Gasteiger partial charge in [-0.2, -0.15) is 57.1 Å². The lowest BCUT2D eigenvalue weighted by molar-refractivity contribution is -0.507. The molecule has 0 aromatic carbocycles. The summed E-state index contributed by atoms with van der Waals surface area (Å²) in [7, 11) is 0. The van der Waals surface area contributed by atoms with Gasteiger partial charge in [0.15, 0.2) is 0 Å². The third-order valence-electron chi connectivity index (χ3n) is 3.31. The maximum atomic E-state index is 13.3. The van der Waals surface area contributed by atoms with Gasteiger partial charge >= 0.3 is 35.8 Å². The molecule has 23 heavy (non-hydrogen) atoms. The van der Waals surface area contributed by atoms with E-state index in [1.807, 2.05) is 0 Å². The van der Waals surface area contributed by atoms with Gasteiger partial charge in [0, 0.05) is 0 Å². The molecular formula is C8H2F13NO. The summed E-state index contributed by atoms with van der Waals surface area (Å²) in [6.45, 7) is 0. The fraction of sp³-hybridized carbons (Fsp3) is 0.875. The van der Waals surface area contributed by atoms with Gasteiger partial charge < -0.3 is 5.73 Å². The molecule has 0 atom stereocenters. The van der Waals surface area contributed by atoms with Gasteiger partial charge in [0.1, 0.15) is 0 Å². The molecule has 2 nitrogen and oxygen atoms in total. The number of carbonyl (C=O) groups excluding carboxylic acids is 1. The van der Waals surface area contributed by atoms with E-state index in [9.17, 15) is 61.9 Å². The molecule has 15 heteroatoms. The summed E-state index contributed by atoms with van der Waals surface area (Å²) in [5, 5.41) is 0. The summed E-state index contributed by atoms with van der Waals surface area (Å²) >= 11 is 0. The van der Waals surface area contributed by atoms with Crippen molar-refractivity contribution < 1.29 is 61.9 Å². The van der Waals surface area contributed by atoms with Gasteiger partial charge in [-0.1, -0.05) is 0 Å². The number of alkyl halides is 13. The van der Waals surface area contributed by atoms with E-state index in [0.717, 1.165) is 0 Å². The molecule has 0 bridgehead atoms. The van der Waals surface area contributed by atoms with Crippen molar-refractivity contribution in [3.8, 4) is 0 Å². The largest absolute Gasteiger partial charge is 0.415 e. The molecule has 1 rings (SSSR count). The minimum atomic E-state index is -7.70. The van der Waals surface area contributed by atoms with Crippen LogP contribution in [0.5, 0.6) is 0 Å². The molecule has 0 aromatic rings. The Hall–Kier alpha value is -1.44. The van der Waals surface area contributed by atoms with Crippen LogP contribution < -0.4 is 5.73 Å². The molecule has 0 heterocycles. The van der Waals surface area contributed by atoms with Crippen LogP contribution in [-0.2, 0) is 4.79 Å². The van der Waals surface area contributed by atoms with E-state index in [1.54, 1.807) is 0 Å². The van der Waals surface area contributed by atoms with Crippen LogP contribution in [0.2, 0.25) is 0 Å². The van der Waals surface area contributed by atoms with Crippen molar-refractivity contribution in [3.05, 3.63) is 0 Å². The van der Waals surface area contributed by atoms with Crippen molar-refractivity contribution in [2.45, 2.75) is 35.8 Å². The first-order valence-electron chi connectivity index (χ1n) is 4.95. The molecule has 0 radical (unpaired) electrons. The SMILES string of the molecule is NC(=O)C1(C(F)(F)F)C(F)(F)C(F)(F)C(F)(F)C(F)(F)C1(F)F. The molecule has 1 aliphatic rings. The molecule has 136 valence electrons. The number of nitrogens with two attached hydrogens (primary N) is 1. The minimum absolute atomic E-state index is 3.64. The first kappa shape index (κ1) is 19.6. The Morgan fingerprint density at radius 2 is 0.826 bits per heavy atom. The van der Waals surface area contributed by atoms with Crippen LogP contribution in [0.3, 0.4) is 0 Å². The second-order valence-electron chi connectivity index (χ2n) is 4.48. The average molecular weight is 375 g/mol. The summed E-state index contributed by atoms with van der Waals surface area (Å²) in [5.74, 6) is -42.5. The van der Waals surface area contributed by atoms with Gasteiger partial charge in [-0.15, -0.1) is 0 Å². The highest BCUT2D eigenvalue weighted by Crippen LogP contribution is 2.74. The van der Waals surface area contributed by atoms with Crippen LogP contribution in [0.25, 0.3) is 0 Å². The maximum absolute atomic E-state index is 13.3. The predicted octanol–water partition coefficient (Wildman–Crippen LogP) is 3.21. The van der Waals surface area contributed by atoms with Crippen molar-refractivity contribution in [1.29, 1.82) is 0 Å². The molecule has 0 aliphatic heterocycles. The maximum Gasteiger partial charge on any atom is 0.415 e. The Kier molecular flexibility index (Phi) is 3.53. The average Bonchev–Trinajstić information content (AvgIpc) is 2.23. The second-order valence-corrected chi connectivity index (χ2v) is 4.48. The van der Waals surface area contributed by atoms with Gasteiger partial charge in [0.25, 0.3) is 5.41 Å². The second kappa shape index (κ2) is 4.15. The number of halogens is 13. The van der Waals surface area contributed by atoms with E-state index >= 15 is 0 Å². The number of hydrogen-bond donors (Lipinski definition) is 1. The summed E-state index contributed by atoms with van der Waals surface area (Å²) < 4.78 is 168. The highest BCUT2D eigenvalue weighted by molar-refractivity contribution is 5.85. The van der Waals surface area contributed by atoms with Crippen LogP contribution >= 0.6 is 0 Å². The van der Waals surface area contributed by atoms with E-state index in [0.29, 0.717) is 0 Å². The molecule has 0 spiro atoms. The van der Waals surface area contributed by atoms with Crippen LogP contribution in [0.15, 0.2) is 0 Å². The minimum Gasteiger partial charge on any atom is -0.368 e. The lowest BCUT2D eigenvalue weighted by Gasteiger charge is -2.54. The van der Waals surface area contributed by atoms with E-state index in [1.165, 1.54) is 0 Å². The highest BCUT2D eigenvalue weighted by atomic mass is 19.4. The molecule has 0 aromatic heterocycles. The molecule has 1 saturated carbocycles. The fourth-order valence-electron chi connectivity index (χ4n) is 2.06. The quantitative estimate of drug-likeness (QED) is 0.703. The normalized spacial score (nSPS) is 29.8. The first-order valence-corrected chi connectivity index (χ1v) is 4.95. The Balaban J connectivity index is 4.16. The molecule has 1 aliphatic carbocycles. The van der Waals surface area contributed by atoms with Crippen molar-refractivity contribution in [2.75, 3.05) is 0 Å². The molecule has 0 saturated heterocycles. The Labute approximate surface area is 116 Å². The summed E-state index contributed by atoms with van der Waals surface area (Å²) in [4.78, 5) is 10.6. The molecular weight excluding hydrogens is 373 g/mol. The number of amides is 1. The van der Waals surface area contributed by atoms with E-state index < -0.39 is 47.1 Å². The van der Waals surface area contributed by atoms with Gasteiger partial charge in [0.05, 0.1) is 0 Å². The smallest absolute Gasteiger partial charge is 0.368 e. The van der Waals surface area contributed by atoms with E-state index in [-0.39, 0.29) is 0 Å². The third kappa shape index (κ3) is 1.55. The van der Waals surface area contributed by atoms with Gasteiger partial charge in [-0.05, 0) is 0 Å². The summed E-state index contributed by atoms with van der Waals surface area (Å²) in [6.07, 6.45) is -7.53. The first-order chi connectivity index (χ1) is 9.69. The Bertz CT molecular complexity index is 503. The molecule has 1 amide bonds. The van der Waals surface area contributed by atoms with Crippen LogP contribution in [0.1, 0.15) is 0 Å². The number of rotatable bonds is 1. The fourth-order valence-corrected chi connectivity index (χ4v) is 2.06. The highest BCUT2D eigenvalue weighted by Gasteiger charge is 3.06. The van der Waals surface area contributed by atoms with Crippen LogP contribution in [-0.4, -0.2) is 41.7 Å². The summed E-state index contributed by atoms with van der Waals surface area (Å²) in [5.41, 5.74) is -3.64. The topological polar surface area (TPSA) is 43.1 Å². The zero-order chi connectivity index (χ0) is 19.1. The lowest BCUT2D eigenvalue weighted by Crippen LogP contribution is -2.87. The van der Waals surface area contributed by atoms with Crippen molar-refractivity contribution in [1.82, 2.24) is 0 Å². The van der Waals surface area contributed by atoms with Gasteiger partial charge in [-0.3, -0.25) is 4.79 Å². The zero-order valence-electron chi connectivity index (χ0n) is 9.90. The predicted molar refractivity (Wildman–Crippen MR) is 42.4 cm³/mol. The lowest BCUT2D eigenvalue weighted by atomic mass is 9.62. The van der Waals surface area contributed by atoms with Crippen LogP contribution in [0, 0.1) is 5.41 Å². The number of primary amides is 1. The molecule has 0 unspecified atom stereocenters. The monoisotopic (exact) mass is 375 g/mol. The van der Waals surface area contributed by atoms with Crippen molar-refractivity contribution >= 4 is 5.91 Å².